The van der Waals surface area contributed by atoms with Crippen molar-refractivity contribution in [2.45, 2.75) is 6.92 Å². The van der Waals surface area contributed by atoms with Crippen LogP contribution in [-0.2, 0) is 0 Å². The highest BCUT2D eigenvalue weighted by Gasteiger charge is 2.10. The molecule has 2 aromatic rings. The molecule has 0 saturated heterocycles. The fourth-order valence-corrected chi connectivity index (χ4v) is 1.34. The number of phenolic OH excluding ortho intramolecular Hbond substituents is 2. The average Bonchev–Trinajstić information content (AvgIpc) is 2.68. The molecule has 0 aliphatic rings. The first kappa shape index (κ1) is 11.0. The Morgan fingerprint density at radius 2 is 2.06 bits per heavy atom. The van der Waals surface area contributed by atoms with Crippen LogP contribution in [0.5, 0.6) is 11.5 Å². The van der Waals surface area contributed by atoms with E-state index in [0.717, 1.165) is 5.69 Å². The van der Waals surface area contributed by atoms with Crippen molar-refractivity contribution in [2.75, 3.05) is 5.32 Å². The Hall–Kier alpha value is -2.50. The number of rotatable bonds is 2. The maximum Gasteiger partial charge on any atom is 0.257 e. The number of nitrogens with one attached hydrogen (secondary N) is 2. The van der Waals surface area contributed by atoms with Gasteiger partial charge < -0.3 is 15.5 Å². The normalized spacial score (nSPS) is 10.2. The molecule has 0 fully saturated rings. The summed E-state index contributed by atoms with van der Waals surface area (Å²) >= 11 is 0. The quantitative estimate of drug-likeness (QED) is 0.589. The maximum absolute atomic E-state index is 11.7. The molecule has 0 radical (unpaired) electrons. The molecule has 0 aliphatic heterocycles. The standard InChI is InChI=1S/C11H11N3O3/c1-6-4-10(14-13-6)12-11(17)7-2-3-8(15)9(16)5-7/h2-5,15-16H,1H3,(H2,12,13,14,17). The zero-order chi connectivity index (χ0) is 12.4. The van der Waals surface area contributed by atoms with Crippen molar-refractivity contribution in [3.63, 3.8) is 0 Å². The number of hydrogen-bond donors (Lipinski definition) is 4. The number of amides is 1. The van der Waals surface area contributed by atoms with Gasteiger partial charge in [-0.15, -0.1) is 0 Å². The number of benzene rings is 1. The van der Waals surface area contributed by atoms with Crippen LogP contribution in [0.3, 0.4) is 0 Å². The van der Waals surface area contributed by atoms with E-state index in [4.69, 9.17) is 5.11 Å². The summed E-state index contributed by atoms with van der Waals surface area (Å²) in [5.41, 5.74) is 1.06. The maximum atomic E-state index is 11.7. The largest absolute Gasteiger partial charge is 0.504 e. The van der Waals surface area contributed by atoms with Crippen LogP contribution in [0.25, 0.3) is 0 Å². The first-order valence-corrected chi connectivity index (χ1v) is 4.91. The highest BCUT2D eigenvalue weighted by Crippen LogP contribution is 2.25. The fourth-order valence-electron chi connectivity index (χ4n) is 1.34. The molecule has 1 heterocycles. The molecule has 0 atom stereocenters. The Kier molecular flexibility index (Phi) is 2.70. The second-order valence-electron chi connectivity index (χ2n) is 3.59. The van der Waals surface area contributed by atoms with Gasteiger partial charge in [0.1, 0.15) is 0 Å². The van der Waals surface area contributed by atoms with E-state index in [0.29, 0.717) is 5.82 Å². The van der Waals surface area contributed by atoms with E-state index in [2.05, 4.69) is 15.5 Å². The second-order valence-corrected chi connectivity index (χ2v) is 3.59. The van der Waals surface area contributed by atoms with Gasteiger partial charge in [0.2, 0.25) is 0 Å². The molecule has 6 nitrogen and oxygen atoms in total. The zero-order valence-electron chi connectivity index (χ0n) is 9.06. The lowest BCUT2D eigenvalue weighted by atomic mass is 10.2. The van der Waals surface area contributed by atoms with Crippen LogP contribution in [0.4, 0.5) is 5.82 Å². The monoisotopic (exact) mass is 233 g/mol. The molecule has 0 aliphatic carbocycles. The van der Waals surface area contributed by atoms with E-state index < -0.39 is 5.91 Å². The van der Waals surface area contributed by atoms with E-state index in [1.165, 1.54) is 18.2 Å². The zero-order valence-corrected chi connectivity index (χ0v) is 9.06. The van der Waals surface area contributed by atoms with Crippen molar-refractivity contribution in [1.29, 1.82) is 0 Å². The molecule has 88 valence electrons. The third-order valence-electron chi connectivity index (χ3n) is 2.19. The van der Waals surface area contributed by atoms with Crippen LogP contribution in [0.15, 0.2) is 24.3 Å². The number of hydrogen-bond acceptors (Lipinski definition) is 4. The van der Waals surface area contributed by atoms with Crippen LogP contribution in [0, 0.1) is 6.92 Å². The van der Waals surface area contributed by atoms with Crippen LogP contribution < -0.4 is 5.32 Å². The number of carbonyl (C=O) groups is 1. The number of aromatic amines is 1. The third-order valence-corrected chi connectivity index (χ3v) is 2.19. The van der Waals surface area contributed by atoms with Crippen molar-refractivity contribution in [3.8, 4) is 11.5 Å². The summed E-state index contributed by atoms with van der Waals surface area (Å²) in [6.07, 6.45) is 0. The molecule has 6 heteroatoms. The molecule has 0 bridgehead atoms. The lowest BCUT2D eigenvalue weighted by Gasteiger charge is -2.03. The number of aromatic nitrogens is 2. The first-order valence-electron chi connectivity index (χ1n) is 4.91. The first-order chi connectivity index (χ1) is 8.06. The minimum Gasteiger partial charge on any atom is -0.504 e. The van der Waals surface area contributed by atoms with Crippen LogP contribution in [0.2, 0.25) is 0 Å². The number of aryl methyl sites for hydroxylation is 1. The van der Waals surface area contributed by atoms with E-state index >= 15 is 0 Å². The Bertz CT molecular complexity index is 563. The summed E-state index contributed by atoms with van der Waals surface area (Å²) in [6, 6.07) is 5.52. The summed E-state index contributed by atoms with van der Waals surface area (Å²) in [5.74, 6) is -0.611. The van der Waals surface area contributed by atoms with Gasteiger partial charge >= 0.3 is 0 Å². The Morgan fingerprint density at radius 1 is 1.29 bits per heavy atom. The molecule has 1 aromatic heterocycles. The van der Waals surface area contributed by atoms with Crippen molar-refractivity contribution in [1.82, 2.24) is 10.2 Å². The van der Waals surface area contributed by atoms with Crippen molar-refractivity contribution >= 4 is 11.7 Å². The lowest BCUT2D eigenvalue weighted by Crippen LogP contribution is -2.11. The predicted molar refractivity (Wildman–Crippen MR) is 61.0 cm³/mol. The molecule has 0 spiro atoms. The molecule has 17 heavy (non-hydrogen) atoms. The van der Waals surface area contributed by atoms with Crippen LogP contribution in [-0.4, -0.2) is 26.3 Å². The third kappa shape index (κ3) is 2.36. The predicted octanol–water partition coefficient (Wildman–Crippen LogP) is 1.38. The van der Waals surface area contributed by atoms with Gasteiger partial charge in [-0.3, -0.25) is 9.89 Å². The lowest BCUT2D eigenvalue weighted by molar-refractivity contribution is 0.102. The minimum atomic E-state index is -0.410. The Morgan fingerprint density at radius 3 is 2.65 bits per heavy atom. The molecule has 4 N–H and O–H groups in total. The van der Waals surface area contributed by atoms with Gasteiger partial charge in [0.05, 0.1) is 0 Å². The Balaban J connectivity index is 2.17. The molecule has 0 saturated carbocycles. The van der Waals surface area contributed by atoms with Gasteiger partial charge in [0.15, 0.2) is 17.3 Å². The number of nitrogens with zero attached hydrogens (tertiary/aromatic N) is 1. The van der Waals surface area contributed by atoms with Crippen molar-refractivity contribution in [3.05, 3.63) is 35.5 Å². The van der Waals surface area contributed by atoms with Gasteiger partial charge in [-0.1, -0.05) is 0 Å². The second kappa shape index (κ2) is 4.17. The van der Waals surface area contributed by atoms with E-state index in [1.807, 2.05) is 6.92 Å². The highest BCUT2D eigenvalue weighted by molar-refractivity contribution is 6.04. The van der Waals surface area contributed by atoms with E-state index in [-0.39, 0.29) is 17.1 Å². The number of anilines is 1. The van der Waals surface area contributed by atoms with Crippen LogP contribution in [0.1, 0.15) is 16.1 Å². The van der Waals surface area contributed by atoms with E-state index in [9.17, 15) is 9.90 Å². The summed E-state index contributed by atoms with van der Waals surface area (Å²) < 4.78 is 0. The van der Waals surface area contributed by atoms with Crippen molar-refractivity contribution < 1.29 is 15.0 Å². The van der Waals surface area contributed by atoms with E-state index in [1.54, 1.807) is 6.07 Å². The Labute approximate surface area is 96.9 Å². The minimum absolute atomic E-state index is 0.237. The van der Waals surface area contributed by atoms with Gasteiger partial charge in [-0.25, -0.2) is 0 Å². The molecule has 2 rings (SSSR count). The average molecular weight is 233 g/mol. The molecular formula is C11H11N3O3. The highest BCUT2D eigenvalue weighted by atomic mass is 16.3. The number of phenols is 2. The summed E-state index contributed by atoms with van der Waals surface area (Å²) in [4.78, 5) is 11.7. The van der Waals surface area contributed by atoms with Crippen molar-refractivity contribution in [2.24, 2.45) is 0 Å². The molecule has 1 amide bonds. The molecule has 0 unspecified atom stereocenters. The molecule has 1 aromatic carbocycles. The number of aromatic hydroxyl groups is 2. The fraction of sp³-hybridized carbons (Fsp3) is 0.0909. The van der Waals surface area contributed by atoms with Gasteiger partial charge in [0.25, 0.3) is 5.91 Å². The van der Waals surface area contributed by atoms with Gasteiger partial charge in [0, 0.05) is 17.3 Å². The summed E-state index contributed by atoms with van der Waals surface area (Å²) in [6.45, 7) is 1.81. The van der Waals surface area contributed by atoms with Gasteiger partial charge in [-0.2, -0.15) is 5.10 Å². The number of carbonyl (C=O) groups excluding carboxylic acids is 1. The van der Waals surface area contributed by atoms with Gasteiger partial charge in [-0.05, 0) is 25.1 Å². The topological polar surface area (TPSA) is 98.2 Å². The summed E-state index contributed by atoms with van der Waals surface area (Å²) in [7, 11) is 0. The molecular weight excluding hydrogens is 222 g/mol. The SMILES string of the molecule is Cc1cc(NC(=O)c2ccc(O)c(O)c2)n[nH]1. The summed E-state index contributed by atoms with van der Waals surface area (Å²) in [5, 5.41) is 27.5. The smallest absolute Gasteiger partial charge is 0.257 e. The van der Waals surface area contributed by atoms with Crippen LogP contribution >= 0.6 is 0 Å². The number of H-pyrrole nitrogens is 1.